The Hall–Kier alpha value is -3.15. The predicted octanol–water partition coefficient (Wildman–Crippen LogP) is 2.88. The molecule has 3 atom stereocenters. The van der Waals surface area contributed by atoms with E-state index in [1.807, 2.05) is 23.6 Å². The molecule has 2 fully saturated rings. The van der Waals surface area contributed by atoms with Crippen molar-refractivity contribution in [3.8, 4) is 0 Å². The number of nitrogens with zero attached hydrogens (tertiary/aromatic N) is 3. The molecule has 9 nitrogen and oxygen atoms in total. The molecule has 42 heavy (non-hydrogen) atoms. The summed E-state index contributed by atoms with van der Waals surface area (Å²) >= 11 is 1.42. The summed E-state index contributed by atoms with van der Waals surface area (Å²) in [6.07, 6.45) is -1.48. The normalized spacial score (nSPS) is 19.0. The van der Waals surface area contributed by atoms with Gasteiger partial charge in [0.05, 0.1) is 31.5 Å². The number of hydrogen-bond donors (Lipinski definition) is 3. The van der Waals surface area contributed by atoms with Crippen LogP contribution < -0.4 is 5.32 Å². The second-order valence-corrected chi connectivity index (χ2v) is 12.2. The first-order valence-corrected chi connectivity index (χ1v) is 15.5. The van der Waals surface area contributed by atoms with E-state index in [4.69, 9.17) is 4.74 Å². The van der Waals surface area contributed by atoms with Gasteiger partial charge in [-0.25, -0.2) is 4.98 Å². The fourth-order valence-electron chi connectivity index (χ4n) is 5.83. The van der Waals surface area contributed by atoms with Gasteiger partial charge < -0.3 is 25.2 Å². The first kappa shape index (κ1) is 30.3. The minimum absolute atomic E-state index is 0.108. The number of nitrogens with one attached hydrogen (secondary N) is 1. The zero-order valence-electron chi connectivity index (χ0n) is 24.3. The van der Waals surface area contributed by atoms with Crippen molar-refractivity contribution in [1.82, 2.24) is 20.1 Å². The molecule has 2 amide bonds. The highest BCUT2D eigenvalue weighted by molar-refractivity contribution is 7.09. The van der Waals surface area contributed by atoms with Crippen molar-refractivity contribution in [3.63, 3.8) is 0 Å². The molecule has 2 aliphatic rings. The lowest BCUT2D eigenvalue weighted by molar-refractivity contribution is -0.153. The van der Waals surface area contributed by atoms with Gasteiger partial charge in [-0.1, -0.05) is 42.5 Å². The molecule has 3 heterocycles. The van der Waals surface area contributed by atoms with Crippen LogP contribution in [0.25, 0.3) is 0 Å². The zero-order valence-corrected chi connectivity index (χ0v) is 25.1. The molecule has 3 aromatic rings. The van der Waals surface area contributed by atoms with Gasteiger partial charge in [-0.2, -0.15) is 0 Å². The molecule has 0 saturated carbocycles. The monoisotopic (exact) mass is 592 g/mol. The summed E-state index contributed by atoms with van der Waals surface area (Å²) in [5.41, 5.74) is 6.72. The summed E-state index contributed by atoms with van der Waals surface area (Å²) in [5, 5.41) is 26.6. The average Bonchev–Trinajstić information content (AvgIpc) is 3.67. The number of thiazole rings is 1. The molecular formula is C32H40N4O5S. The number of rotatable bonds is 10. The molecule has 2 aromatic carbocycles. The van der Waals surface area contributed by atoms with Crippen LogP contribution in [0.3, 0.4) is 0 Å². The third kappa shape index (κ3) is 7.25. The average molecular weight is 593 g/mol. The Kier molecular flexibility index (Phi) is 10.0. The van der Waals surface area contributed by atoms with Crippen LogP contribution in [-0.2, 0) is 33.8 Å². The molecule has 1 aromatic heterocycles. The maximum Gasteiger partial charge on any atom is 0.255 e. The van der Waals surface area contributed by atoms with Crippen molar-refractivity contribution in [2.75, 3.05) is 32.8 Å². The van der Waals surface area contributed by atoms with E-state index in [1.54, 1.807) is 4.90 Å². The van der Waals surface area contributed by atoms with Crippen molar-refractivity contribution in [3.05, 3.63) is 86.4 Å². The second-order valence-electron chi connectivity index (χ2n) is 11.2. The van der Waals surface area contributed by atoms with Crippen LogP contribution in [0.4, 0.5) is 0 Å². The van der Waals surface area contributed by atoms with Crippen LogP contribution in [-0.4, -0.2) is 81.9 Å². The largest absolute Gasteiger partial charge is 0.380 e. The topological polar surface area (TPSA) is 115 Å². The number of hydrogen-bond acceptors (Lipinski definition) is 8. The summed E-state index contributed by atoms with van der Waals surface area (Å²) in [7, 11) is 0. The molecule has 0 aliphatic carbocycles. The van der Waals surface area contributed by atoms with Gasteiger partial charge in [0, 0.05) is 38.0 Å². The van der Waals surface area contributed by atoms with Gasteiger partial charge in [0.2, 0.25) is 0 Å². The lowest BCUT2D eigenvalue weighted by Gasteiger charge is -2.29. The Labute approximate surface area is 251 Å². The number of aliphatic hydroxyl groups is 2. The van der Waals surface area contributed by atoms with Gasteiger partial charge in [-0.3, -0.25) is 14.5 Å². The quantitative estimate of drug-likeness (QED) is 0.332. The van der Waals surface area contributed by atoms with Gasteiger partial charge >= 0.3 is 0 Å². The molecular weight excluding hydrogens is 552 g/mol. The molecule has 0 bridgehead atoms. The Morgan fingerprint density at radius 3 is 2.57 bits per heavy atom. The van der Waals surface area contributed by atoms with Crippen LogP contribution in [0.1, 0.15) is 57.4 Å². The Morgan fingerprint density at radius 1 is 1.07 bits per heavy atom. The van der Waals surface area contributed by atoms with Gasteiger partial charge in [0.25, 0.3) is 11.8 Å². The van der Waals surface area contributed by atoms with Crippen molar-refractivity contribution in [2.45, 2.75) is 64.4 Å². The Morgan fingerprint density at radius 2 is 1.81 bits per heavy atom. The number of carbonyl (C=O) groups is 2. The number of likely N-dealkylation sites (tertiary alicyclic amines) is 1. The predicted molar refractivity (Wildman–Crippen MR) is 161 cm³/mol. The number of ether oxygens (including phenoxy) is 1. The molecule has 224 valence electrons. The molecule has 0 spiro atoms. The second kappa shape index (κ2) is 13.9. The number of aromatic nitrogens is 1. The molecule has 2 aliphatic heterocycles. The summed E-state index contributed by atoms with van der Waals surface area (Å²) < 4.78 is 5.45. The van der Waals surface area contributed by atoms with E-state index in [0.29, 0.717) is 18.0 Å². The summed E-state index contributed by atoms with van der Waals surface area (Å²) in [6, 6.07) is 14.2. The van der Waals surface area contributed by atoms with Crippen molar-refractivity contribution >= 4 is 23.2 Å². The summed E-state index contributed by atoms with van der Waals surface area (Å²) in [4.78, 5) is 34.6. The van der Waals surface area contributed by atoms with Gasteiger partial charge in [0.1, 0.15) is 5.01 Å². The van der Waals surface area contributed by atoms with E-state index in [2.05, 4.69) is 53.3 Å². The standard InChI is InChI=1S/C32H40N4O5S/c1-21-6-3-7-22(2)26(21)17-25-20-42-28(34-25)18-33-31(39)29(37)30(38)32(40)36-11-5-10-27(36)24-9-4-8-23(16-24)19-35-12-14-41-15-13-35/h3-4,6-9,16,20,27,29-30,37-38H,5,10-15,17-19H2,1-2H3,(H,33,39)/t27?,29-,30-/m1/s1. The highest BCUT2D eigenvalue weighted by Gasteiger charge is 2.38. The smallest absolute Gasteiger partial charge is 0.255 e. The third-order valence-corrected chi connectivity index (χ3v) is 9.12. The Bertz CT molecular complexity index is 1370. The molecule has 10 heteroatoms. The van der Waals surface area contributed by atoms with Crippen LogP contribution >= 0.6 is 11.3 Å². The van der Waals surface area contributed by atoms with E-state index in [9.17, 15) is 19.8 Å². The van der Waals surface area contributed by atoms with Gasteiger partial charge in [-0.05, 0) is 54.5 Å². The summed E-state index contributed by atoms with van der Waals surface area (Å²) in [5.74, 6) is -1.44. The van der Waals surface area contributed by atoms with Gasteiger partial charge in [-0.15, -0.1) is 11.3 Å². The zero-order chi connectivity index (χ0) is 29.6. The summed E-state index contributed by atoms with van der Waals surface area (Å²) in [6.45, 7) is 8.79. The maximum absolute atomic E-state index is 13.3. The van der Waals surface area contributed by atoms with E-state index < -0.39 is 24.0 Å². The minimum Gasteiger partial charge on any atom is -0.380 e. The molecule has 2 saturated heterocycles. The number of aliphatic hydroxyl groups excluding tert-OH is 2. The lowest BCUT2D eigenvalue weighted by atomic mass is 9.99. The molecule has 1 unspecified atom stereocenters. The molecule has 0 radical (unpaired) electrons. The molecule has 3 N–H and O–H groups in total. The number of amides is 2. The highest BCUT2D eigenvalue weighted by atomic mass is 32.1. The van der Waals surface area contributed by atoms with Crippen LogP contribution in [0.2, 0.25) is 0 Å². The van der Waals surface area contributed by atoms with Crippen LogP contribution in [0, 0.1) is 13.8 Å². The SMILES string of the molecule is Cc1cccc(C)c1Cc1csc(CNC(=O)[C@H](O)[C@@H](O)C(=O)N2CCCC2c2cccc(CN3CCOCC3)c2)n1. The van der Waals surface area contributed by atoms with E-state index in [1.165, 1.54) is 28.0 Å². The highest BCUT2D eigenvalue weighted by Crippen LogP contribution is 2.33. The number of aryl methyl sites for hydroxylation is 2. The Balaban J connectivity index is 1.15. The number of benzene rings is 2. The third-order valence-electron chi connectivity index (χ3n) is 8.22. The van der Waals surface area contributed by atoms with Gasteiger partial charge in [0.15, 0.2) is 12.2 Å². The van der Waals surface area contributed by atoms with Crippen LogP contribution in [0.5, 0.6) is 0 Å². The minimum atomic E-state index is -1.87. The molecule has 5 rings (SSSR count). The number of carbonyl (C=O) groups excluding carboxylic acids is 2. The fraction of sp³-hybridized carbons (Fsp3) is 0.469. The number of morpholine rings is 1. The first-order valence-electron chi connectivity index (χ1n) is 14.6. The maximum atomic E-state index is 13.3. The van der Waals surface area contributed by atoms with E-state index >= 15 is 0 Å². The van der Waals surface area contributed by atoms with E-state index in [0.717, 1.165) is 62.5 Å². The van der Waals surface area contributed by atoms with Crippen LogP contribution in [0.15, 0.2) is 47.8 Å². The first-order chi connectivity index (χ1) is 20.3. The lowest BCUT2D eigenvalue weighted by Crippen LogP contribution is -2.50. The van der Waals surface area contributed by atoms with Crippen molar-refractivity contribution in [1.29, 1.82) is 0 Å². The van der Waals surface area contributed by atoms with Crippen molar-refractivity contribution < 1.29 is 24.5 Å². The van der Waals surface area contributed by atoms with Crippen molar-refractivity contribution in [2.24, 2.45) is 0 Å². The fourth-order valence-corrected chi connectivity index (χ4v) is 6.56. The van der Waals surface area contributed by atoms with E-state index in [-0.39, 0.29) is 12.6 Å².